The van der Waals surface area contributed by atoms with Gasteiger partial charge in [0, 0.05) is 33.2 Å². The smallest absolute Gasteiger partial charge is 0.228 e. The Bertz CT molecular complexity index is 332. The highest BCUT2D eigenvalue weighted by atomic mass is 16.5. The van der Waals surface area contributed by atoms with Crippen molar-refractivity contribution >= 4 is 11.8 Å². The molecule has 21 heavy (non-hydrogen) atoms. The van der Waals surface area contributed by atoms with Gasteiger partial charge < -0.3 is 20.3 Å². The molecule has 1 heterocycles. The Morgan fingerprint density at radius 1 is 1.24 bits per heavy atom. The molecule has 122 valence electrons. The van der Waals surface area contributed by atoms with Crippen LogP contribution < -0.4 is 10.6 Å². The summed E-state index contributed by atoms with van der Waals surface area (Å²) in [5.74, 6) is 0.101. The molecule has 0 aliphatic carbocycles. The number of methoxy groups -OCH3 is 1. The minimum atomic E-state index is -0.446. The third-order valence-electron chi connectivity index (χ3n) is 4.20. The number of rotatable bonds is 8. The molecule has 0 aromatic carbocycles. The molecule has 0 radical (unpaired) electrons. The summed E-state index contributed by atoms with van der Waals surface area (Å²) in [4.78, 5) is 26.1. The molecule has 0 bridgehead atoms. The molecule has 1 aliphatic rings. The molecule has 6 heteroatoms. The highest BCUT2D eigenvalue weighted by Gasteiger charge is 2.39. The van der Waals surface area contributed by atoms with Gasteiger partial charge in [-0.3, -0.25) is 9.59 Å². The number of nitrogens with one attached hydrogen (secondary N) is 2. The second kappa shape index (κ2) is 9.00. The van der Waals surface area contributed by atoms with Gasteiger partial charge in [0.15, 0.2) is 0 Å². The van der Waals surface area contributed by atoms with Crippen LogP contribution in [0.4, 0.5) is 0 Å². The molecule has 6 nitrogen and oxygen atoms in total. The number of ether oxygens (including phenoxy) is 1. The highest BCUT2D eigenvalue weighted by Crippen LogP contribution is 2.29. The van der Waals surface area contributed by atoms with Crippen molar-refractivity contribution in [3.63, 3.8) is 0 Å². The molecule has 0 aromatic heterocycles. The molecule has 0 atom stereocenters. The van der Waals surface area contributed by atoms with Gasteiger partial charge in [-0.15, -0.1) is 0 Å². The van der Waals surface area contributed by atoms with Crippen LogP contribution in [0, 0.1) is 5.41 Å². The van der Waals surface area contributed by atoms with Gasteiger partial charge in [0.25, 0.3) is 0 Å². The van der Waals surface area contributed by atoms with E-state index in [4.69, 9.17) is 4.74 Å². The van der Waals surface area contributed by atoms with E-state index >= 15 is 0 Å². The zero-order valence-electron chi connectivity index (χ0n) is 13.5. The van der Waals surface area contributed by atoms with Crippen molar-refractivity contribution < 1.29 is 14.3 Å². The summed E-state index contributed by atoms with van der Waals surface area (Å²) in [6.45, 7) is 7.83. The van der Waals surface area contributed by atoms with Crippen LogP contribution in [-0.2, 0) is 14.3 Å². The van der Waals surface area contributed by atoms with E-state index in [1.165, 1.54) is 0 Å². The van der Waals surface area contributed by atoms with E-state index in [9.17, 15) is 9.59 Å². The monoisotopic (exact) mass is 299 g/mol. The Kier molecular flexibility index (Phi) is 7.67. The van der Waals surface area contributed by atoms with E-state index < -0.39 is 5.41 Å². The van der Waals surface area contributed by atoms with Gasteiger partial charge in [-0.1, -0.05) is 0 Å². The third-order valence-corrected chi connectivity index (χ3v) is 4.20. The van der Waals surface area contributed by atoms with Crippen LogP contribution in [0.25, 0.3) is 0 Å². The Hall–Kier alpha value is -1.14. The van der Waals surface area contributed by atoms with Crippen LogP contribution >= 0.6 is 0 Å². The Morgan fingerprint density at radius 2 is 1.86 bits per heavy atom. The lowest BCUT2D eigenvalue weighted by molar-refractivity contribution is -0.136. The van der Waals surface area contributed by atoms with Crippen molar-refractivity contribution in [3.8, 4) is 0 Å². The van der Waals surface area contributed by atoms with Crippen LogP contribution in [0.5, 0.6) is 0 Å². The minimum Gasteiger partial charge on any atom is -0.384 e. The lowest BCUT2D eigenvalue weighted by Gasteiger charge is -2.35. The van der Waals surface area contributed by atoms with Crippen molar-refractivity contribution in [1.29, 1.82) is 0 Å². The molecule has 0 unspecified atom stereocenters. The van der Waals surface area contributed by atoms with E-state index in [0.29, 0.717) is 32.7 Å². The van der Waals surface area contributed by atoms with Gasteiger partial charge in [-0.2, -0.15) is 0 Å². The maximum absolute atomic E-state index is 12.5. The molecule has 1 saturated heterocycles. The fraction of sp³-hybridized carbons (Fsp3) is 0.867. The van der Waals surface area contributed by atoms with Gasteiger partial charge in [-0.05, 0) is 39.8 Å². The van der Waals surface area contributed by atoms with E-state index in [0.717, 1.165) is 25.9 Å². The lowest BCUT2D eigenvalue weighted by atomic mass is 9.78. The SMILES string of the molecule is CCN(CC)C(=O)CCNC(=O)C1(COC)CCNCC1. The Labute approximate surface area is 127 Å². The highest BCUT2D eigenvalue weighted by molar-refractivity contribution is 5.84. The molecule has 0 aromatic rings. The number of amides is 2. The molecule has 0 saturated carbocycles. The molecule has 1 aliphatic heterocycles. The molecule has 2 amide bonds. The number of carbonyl (C=O) groups is 2. The summed E-state index contributed by atoms with van der Waals surface area (Å²) < 4.78 is 5.24. The number of hydrogen-bond acceptors (Lipinski definition) is 4. The fourth-order valence-corrected chi connectivity index (χ4v) is 2.82. The van der Waals surface area contributed by atoms with Crippen LogP contribution in [0.3, 0.4) is 0 Å². The molecular formula is C15H29N3O3. The summed E-state index contributed by atoms with van der Waals surface area (Å²) >= 11 is 0. The van der Waals surface area contributed by atoms with Gasteiger partial charge in [0.05, 0.1) is 12.0 Å². The van der Waals surface area contributed by atoms with Crippen LogP contribution in [-0.4, -0.2) is 63.2 Å². The minimum absolute atomic E-state index is 0.0122. The van der Waals surface area contributed by atoms with Gasteiger partial charge >= 0.3 is 0 Å². The third kappa shape index (κ3) is 4.97. The van der Waals surface area contributed by atoms with E-state index in [-0.39, 0.29) is 11.8 Å². The standard InChI is InChI=1S/C15H29N3O3/c1-4-18(5-2)13(19)6-9-17-14(20)15(12-21-3)7-10-16-11-8-15/h16H,4-12H2,1-3H3,(H,17,20). The first-order chi connectivity index (χ1) is 10.1. The van der Waals surface area contributed by atoms with Crippen LogP contribution in [0.2, 0.25) is 0 Å². The predicted molar refractivity (Wildman–Crippen MR) is 82.0 cm³/mol. The number of piperidine rings is 1. The molecule has 1 fully saturated rings. The fourth-order valence-electron chi connectivity index (χ4n) is 2.82. The maximum Gasteiger partial charge on any atom is 0.228 e. The molecular weight excluding hydrogens is 270 g/mol. The first kappa shape index (κ1) is 17.9. The van der Waals surface area contributed by atoms with Crippen LogP contribution in [0.1, 0.15) is 33.1 Å². The molecule has 0 spiro atoms. The summed E-state index contributed by atoms with van der Waals surface area (Å²) in [6, 6.07) is 0. The zero-order chi connectivity index (χ0) is 15.7. The maximum atomic E-state index is 12.5. The van der Waals surface area contributed by atoms with E-state index in [1.54, 1.807) is 12.0 Å². The van der Waals surface area contributed by atoms with Crippen molar-refractivity contribution in [2.45, 2.75) is 33.1 Å². The second-order valence-electron chi connectivity index (χ2n) is 5.54. The molecule has 2 N–H and O–H groups in total. The number of carbonyl (C=O) groups excluding carboxylic acids is 2. The van der Waals surface area contributed by atoms with Crippen molar-refractivity contribution in [1.82, 2.24) is 15.5 Å². The predicted octanol–water partition coefficient (Wildman–Crippen LogP) is 0.377. The zero-order valence-corrected chi connectivity index (χ0v) is 13.5. The molecule has 1 rings (SSSR count). The second-order valence-corrected chi connectivity index (χ2v) is 5.54. The van der Waals surface area contributed by atoms with Crippen molar-refractivity contribution in [2.24, 2.45) is 5.41 Å². The Balaban J connectivity index is 2.45. The van der Waals surface area contributed by atoms with Crippen molar-refractivity contribution in [3.05, 3.63) is 0 Å². The number of nitrogens with zero attached hydrogens (tertiary/aromatic N) is 1. The van der Waals surface area contributed by atoms with Crippen LogP contribution in [0.15, 0.2) is 0 Å². The largest absolute Gasteiger partial charge is 0.384 e. The number of hydrogen-bond donors (Lipinski definition) is 2. The van der Waals surface area contributed by atoms with Gasteiger partial charge in [0.2, 0.25) is 11.8 Å². The summed E-state index contributed by atoms with van der Waals surface area (Å²) in [6.07, 6.45) is 1.90. The Morgan fingerprint density at radius 3 is 2.38 bits per heavy atom. The van der Waals surface area contributed by atoms with Gasteiger partial charge in [0.1, 0.15) is 0 Å². The van der Waals surface area contributed by atoms with Gasteiger partial charge in [-0.25, -0.2) is 0 Å². The average molecular weight is 299 g/mol. The topological polar surface area (TPSA) is 70.7 Å². The van der Waals surface area contributed by atoms with E-state index in [1.807, 2.05) is 13.8 Å². The first-order valence-electron chi connectivity index (χ1n) is 7.85. The van der Waals surface area contributed by atoms with E-state index in [2.05, 4.69) is 10.6 Å². The lowest BCUT2D eigenvalue weighted by Crippen LogP contribution is -2.50. The first-order valence-corrected chi connectivity index (χ1v) is 7.85. The summed E-state index contributed by atoms with van der Waals surface area (Å²) in [5, 5.41) is 6.18. The quantitative estimate of drug-likeness (QED) is 0.680. The summed E-state index contributed by atoms with van der Waals surface area (Å²) in [7, 11) is 1.63. The average Bonchev–Trinajstić information content (AvgIpc) is 2.49. The summed E-state index contributed by atoms with van der Waals surface area (Å²) in [5.41, 5.74) is -0.446. The van der Waals surface area contributed by atoms with Crippen molar-refractivity contribution in [2.75, 3.05) is 46.4 Å². The normalized spacial score (nSPS) is 17.3.